The van der Waals surface area contributed by atoms with Gasteiger partial charge in [0.05, 0.1) is 0 Å². The molecule has 0 N–H and O–H groups in total. The third kappa shape index (κ3) is 13.6. The van der Waals surface area contributed by atoms with Crippen LogP contribution >= 0.6 is 0 Å². The zero-order valence-corrected chi connectivity index (χ0v) is 60.3. The fraction of sp³-hybridized carbons (Fsp3) is 0.0400. The van der Waals surface area contributed by atoms with Gasteiger partial charge >= 0.3 is 603 Å². The van der Waals surface area contributed by atoms with Crippen LogP contribution in [0, 0.1) is 27.7 Å². The summed E-state index contributed by atoms with van der Waals surface area (Å²) in [7, 11) is 0. The summed E-state index contributed by atoms with van der Waals surface area (Å²) in [6.07, 6.45) is 9.49. The molecular weight excluding hydrogens is 1320 g/mol. The molecule has 0 saturated carbocycles. The van der Waals surface area contributed by atoms with Crippen LogP contribution in [0.25, 0.3) is 89.7 Å². The van der Waals surface area contributed by atoms with Gasteiger partial charge in [0.15, 0.2) is 0 Å². The first kappa shape index (κ1) is 64.0. The number of fused-ring (bicyclic) bond motifs is 4. The second kappa shape index (κ2) is 28.3. The van der Waals surface area contributed by atoms with Crippen molar-refractivity contribution in [2.45, 2.75) is 27.7 Å². The molecule has 16 aromatic rings. The van der Waals surface area contributed by atoms with Gasteiger partial charge in [-0.3, -0.25) is 0 Å². The van der Waals surface area contributed by atoms with Gasteiger partial charge in [-0.25, -0.2) is 0 Å². The van der Waals surface area contributed by atoms with Crippen LogP contribution in [0.3, 0.4) is 0 Å². The molecular formula is C100H76Sn. The predicted octanol–water partition coefficient (Wildman–Crippen LogP) is 23.3. The number of hydrogen-bond acceptors (Lipinski definition) is 0. The number of rotatable bonds is 16. The van der Waals surface area contributed by atoms with Crippen molar-refractivity contribution in [3.63, 3.8) is 0 Å². The molecule has 0 aromatic heterocycles. The first-order chi connectivity index (χ1) is 49.6. The molecule has 0 radical (unpaired) electrons. The second-order valence-corrected chi connectivity index (χ2v) is 38.1. The van der Waals surface area contributed by atoms with Gasteiger partial charge in [-0.15, -0.1) is 0 Å². The van der Waals surface area contributed by atoms with E-state index in [1.807, 2.05) is 0 Å². The van der Waals surface area contributed by atoms with E-state index in [4.69, 9.17) is 0 Å². The minimum atomic E-state index is -4.68. The molecule has 0 aliphatic rings. The van der Waals surface area contributed by atoms with Gasteiger partial charge in [-0.2, -0.15) is 0 Å². The Kier molecular flexibility index (Phi) is 17.9. The average Bonchev–Trinajstić information content (AvgIpc) is 0.729. The minimum absolute atomic E-state index is 1.16. The van der Waals surface area contributed by atoms with Gasteiger partial charge in [0.25, 0.3) is 0 Å². The molecule has 0 nitrogen and oxygen atoms in total. The van der Waals surface area contributed by atoms with E-state index >= 15 is 0 Å². The van der Waals surface area contributed by atoms with E-state index in [1.165, 1.54) is 124 Å². The fourth-order valence-electron chi connectivity index (χ4n) is 14.7. The van der Waals surface area contributed by atoms with Crippen LogP contribution in [-0.2, 0) is 0 Å². The molecule has 0 spiro atoms. The zero-order chi connectivity index (χ0) is 68.2. The van der Waals surface area contributed by atoms with E-state index in [0.29, 0.717) is 0 Å². The predicted molar refractivity (Wildman–Crippen MR) is 438 cm³/mol. The SMILES string of the molecule is Cc1ccc(/C=C(\c2cc[c]([Sn]([c]3ccc(/C(=C\c4ccc(C)cc4)c4ccc5ccccc5c4)cc3)([c]3ccc(/C(=C\c4ccc(C)cc4)c4ccc5ccccc5c4)cc3)[c]3ccc(/C(=C\c4ccc(C)cc4)c4ccc5ccccc5c4)cc3)cc2)c2ccc3ccccc3c2)cc1. The summed E-state index contributed by atoms with van der Waals surface area (Å²) in [5.41, 5.74) is 23.7. The third-order valence-electron chi connectivity index (χ3n) is 20.3. The number of aryl methyl sites for hydroxylation is 4. The summed E-state index contributed by atoms with van der Waals surface area (Å²) in [5, 5.41) is 9.77. The molecule has 0 amide bonds. The van der Waals surface area contributed by atoms with Gasteiger partial charge in [-0.1, -0.05) is 0 Å². The molecule has 0 aliphatic heterocycles. The van der Waals surface area contributed by atoms with Crippen molar-refractivity contribution in [2.75, 3.05) is 0 Å². The standard InChI is InChI=1S/4C25H19.Sn/c4*1-19-11-13-20(14-12-19)17-25(22-8-3-2-4-9-22)24-16-15-21-7-5-6-10-23(21)18-24;/h4*3-18H,1H3;/b4*25-17+;. The summed E-state index contributed by atoms with van der Waals surface area (Å²) in [4.78, 5) is 0. The Bertz CT molecular complexity index is 5090. The van der Waals surface area contributed by atoms with E-state index < -0.39 is 18.4 Å². The maximum atomic E-state index is 2.50. The van der Waals surface area contributed by atoms with Crippen molar-refractivity contribution in [3.8, 4) is 0 Å². The topological polar surface area (TPSA) is 0 Å². The van der Waals surface area contributed by atoms with Gasteiger partial charge in [0.1, 0.15) is 0 Å². The Morgan fingerprint density at radius 2 is 0.356 bits per heavy atom. The summed E-state index contributed by atoms with van der Waals surface area (Å²) in [6.45, 7) is 8.64. The van der Waals surface area contributed by atoms with E-state index in [9.17, 15) is 0 Å². The van der Waals surface area contributed by atoms with Crippen LogP contribution in [0.2, 0.25) is 0 Å². The summed E-state index contributed by atoms with van der Waals surface area (Å²) < 4.78 is 5.40. The van der Waals surface area contributed by atoms with Crippen LogP contribution in [0.5, 0.6) is 0 Å². The summed E-state index contributed by atoms with van der Waals surface area (Å²) >= 11 is -4.68. The average molecular weight is 1400 g/mol. The Morgan fingerprint density at radius 3 is 0.554 bits per heavy atom. The summed E-state index contributed by atoms with van der Waals surface area (Å²) in [6, 6.07) is 137. The zero-order valence-electron chi connectivity index (χ0n) is 57.5. The Morgan fingerprint density at radius 1 is 0.178 bits per heavy atom. The van der Waals surface area contributed by atoms with E-state index in [0.717, 1.165) is 44.5 Å². The Hall–Kier alpha value is -11.7. The van der Waals surface area contributed by atoms with E-state index in [-0.39, 0.29) is 0 Å². The van der Waals surface area contributed by atoms with E-state index in [2.05, 4.69) is 416 Å². The van der Waals surface area contributed by atoms with Crippen molar-refractivity contribution in [3.05, 3.63) is 453 Å². The van der Waals surface area contributed by atoms with Crippen LogP contribution in [0.4, 0.5) is 0 Å². The van der Waals surface area contributed by atoms with Gasteiger partial charge in [0.2, 0.25) is 0 Å². The first-order valence-electron chi connectivity index (χ1n) is 35.1. The van der Waals surface area contributed by atoms with Crippen molar-refractivity contribution >= 4 is 122 Å². The van der Waals surface area contributed by atoms with Crippen molar-refractivity contribution < 1.29 is 0 Å². The fourth-order valence-corrected chi connectivity index (χ4v) is 28.0. The van der Waals surface area contributed by atoms with Crippen LogP contribution in [0.1, 0.15) is 89.0 Å². The molecule has 101 heavy (non-hydrogen) atoms. The molecule has 0 aliphatic carbocycles. The molecule has 0 bridgehead atoms. The molecule has 0 heterocycles. The molecule has 16 rings (SSSR count). The summed E-state index contributed by atoms with van der Waals surface area (Å²) in [5.74, 6) is 0. The van der Waals surface area contributed by atoms with Crippen LogP contribution in [0.15, 0.2) is 364 Å². The third-order valence-corrected chi connectivity index (χ3v) is 34.0. The maximum absolute atomic E-state index is 4.68. The molecule has 480 valence electrons. The number of hydrogen-bond donors (Lipinski definition) is 0. The molecule has 0 fully saturated rings. The molecule has 0 atom stereocenters. The molecule has 0 saturated heterocycles. The molecule has 0 unspecified atom stereocenters. The monoisotopic (exact) mass is 1400 g/mol. The van der Waals surface area contributed by atoms with Gasteiger partial charge in [0, 0.05) is 0 Å². The normalized spacial score (nSPS) is 12.4. The quantitative estimate of drug-likeness (QED) is 0.0668. The Labute approximate surface area is 598 Å². The number of benzene rings is 16. The van der Waals surface area contributed by atoms with Crippen molar-refractivity contribution in [1.82, 2.24) is 0 Å². The van der Waals surface area contributed by atoms with Crippen molar-refractivity contribution in [1.29, 1.82) is 0 Å². The van der Waals surface area contributed by atoms with Crippen LogP contribution < -0.4 is 14.3 Å². The van der Waals surface area contributed by atoms with Crippen LogP contribution in [-0.4, -0.2) is 18.4 Å². The second-order valence-electron chi connectivity index (χ2n) is 27.2. The Balaban J connectivity index is 0.934. The van der Waals surface area contributed by atoms with E-state index in [1.54, 1.807) is 0 Å². The van der Waals surface area contributed by atoms with Gasteiger partial charge in [-0.05, 0) is 0 Å². The first-order valence-corrected chi connectivity index (χ1v) is 40.9. The van der Waals surface area contributed by atoms with Crippen molar-refractivity contribution in [2.24, 2.45) is 0 Å². The molecule has 16 aromatic carbocycles. The molecule has 1 heteroatoms. The van der Waals surface area contributed by atoms with Gasteiger partial charge < -0.3 is 0 Å².